The molecule has 1 aliphatic rings. The number of pyridine rings is 1. The number of hydrogen-bond donors (Lipinski definition) is 1. The molecule has 1 fully saturated rings. The van der Waals surface area contributed by atoms with E-state index in [1.807, 2.05) is 44.2 Å². The second kappa shape index (κ2) is 7.35. The molecular weight excluding hydrogens is 314 g/mol. The predicted octanol–water partition coefficient (Wildman–Crippen LogP) is 3.16. The van der Waals surface area contributed by atoms with Gasteiger partial charge >= 0.3 is 0 Å². The number of nitrogens with zero attached hydrogens (tertiary/aromatic N) is 2. The summed E-state index contributed by atoms with van der Waals surface area (Å²) >= 11 is 0. The van der Waals surface area contributed by atoms with Crippen molar-refractivity contribution >= 4 is 5.91 Å². The first-order valence-corrected chi connectivity index (χ1v) is 8.47. The monoisotopic (exact) mass is 335 g/mol. The molecule has 1 amide bonds. The Kier molecular flexibility index (Phi) is 4.99. The third-order valence-corrected chi connectivity index (χ3v) is 4.22. The molecule has 1 N–H and O–H groups in total. The van der Waals surface area contributed by atoms with E-state index in [2.05, 4.69) is 16.4 Å². The fraction of sp³-hybridized carbons (Fsp3) is 0.350. The molecular formula is C20H21N3O2. The summed E-state index contributed by atoms with van der Waals surface area (Å²) in [5.74, 6) is 0.771. The van der Waals surface area contributed by atoms with Crippen LogP contribution in [0.5, 0.6) is 5.88 Å². The minimum Gasteiger partial charge on any atom is -0.475 e. The summed E-state index contributed by atoms with van der Waals surface area (Å²) in [6, 6.07) is 13.4. The van der Waals surface area contributed by atoms with Gasteiger partial charge in [0, 0.05) is 24.2 Å². The summed E-state index contributed by atoms with van der Waals surface area (Å²) in [5, 5.41) is 12.0. The van der Waals surface area contributed by atoms with Crippen LogP contribution in [0.1, 0.15) is 42.9 Å². The predicted molar refractivity (Wildman–Crippen MR) is 93.9 cm³/mol. The van der Waals surface area contributed by atoms with E-state index < -0.39 is 0 Å². The van der Waals surface area contributed by atoms with Crippen molar-refractivity contribution in [3.63, 3.8) is 0 Å². The lowest BCUT2D eigenvalue weighted by Gasteiger charge is -2.13. The highest BCUT2D eigenvalue weighted by atomic mass is 16.5. The normalized spacial score (nSPS) is 18.5. The number of hydrogen-bond acceptors (Lipinski definition) is 4. The highest BCUT2D eigenvalue weighted by molar-refractivity contribution is 5.83. The average molecular weight is 335 g/mol. The first kappa shape index (κ1) is 17.0. The number of benzene rings is 1. The molecule has 25 heavy (non-hydrogen) atoms. The number of nitrogens with one attached hydrogen (secondary N) is 1. The number of carbonyl (C=O) groups excluding carboxylic acids is 1. The molecule has 1 aromatic heterocycles. The van der Waals surface area contributed by atoms with Gasteiger partial charge in [-0.25, -0.2) is 4.98 Å². The van der Waals surface area contributed by atoms with Crippen LogP contribution in [0, 0.1) is 17.2 Å². The van der Waals surface area contributed by atoms with Gasteiger partial charge in [-0.05, 0) is 49.9 Å². The average Bonchev–Trinajstić information content (AvgIpc) is 3.41. The zero-order valence-corrected chi connectivity index (χ0v) is 14.4. The number of carbonyl (C=O) groups is 1. The van der Waals surface area contributed by atoms with Crippen molar-refractivity contribution in [3.05, 3.63) is 59.3 Å². The van der Waals surface area contributed by atoms with E-state index in [4.69, 9.17) is 10.00 Å². The Balaban J connectivity index is 1.59. The number of nitriles is 1. The summed E-state index contributed by atoms with van der Waals surface area (Å²) in [7, 11) is 0. The summed E-state index contributed by atoms with van der Waals surface area (Å²) in [5.41, 5.74) is 2.56. The lowest BCUT2D eigenvalue weighted by molar-refractivity contribution is -0.122. The van der Waals surface area contributed by atoms with E-state index in [0.29, 0.717) is 18.0 Å². The molecule has 5 nitrogen and oxygen atoms in total. The van der Waals surface area contributed by atoms with Crippen molar-refractivity contribution in [2.24, 2.45) is 5.92 Å². The fourth-order valence-corrected chi connectivity index (χ4v) is 2.89. The minimum absolute atomic E-state index is 0.0277. The van der Waals surface area contributed by atoms with Gasteiger partial charge in [0.2, 0.25) is 11.8 Å². The van der Waals surface area contributed by atoms with Crippen LogP contribution in [-0.2, 0) is 11.3 Å². The highest BCUT2D eigenvalue weighted by Gasteiger charge is 2.43. The summed E-state index contributed by atoms with van der Waals surface area (Å²) in [4.78, 5) is 16.6. The Hall–Kier alpha value is -2.87. The van der Waals surface area contributed by atoms with Gasteiger partial charge in [-0.2, -0.15) is 5.26 Å². The molecule has 0 radical (unpaired) electrons. The molecule has 2 aromatic rings. The molecule has 0 unspecified atom stereocenters. The van der Waals surface area contributed by atoms with Crippen LogP contribution in [0.25, 0.3) is 0 Å². The highest BCUT2D eigenvalue weighted by Crippen LogP contribution is 2.47. The van der Waals surface area contributed by atoms with Gasteiger partial charge in [0.05, 0.1) is 17.7 Å². The topological polar surface area (TPSA) is 75.0 Å². The minimum atomic E-state index is -0.0277. The Morgan fingerprint density at radius 3 is 3.00 bits per heavy atom. The van der Waals surface area contributed by atoms with Gasteiger partial charge in [0.1, 0.15) is 0 Å². The maximum atomic E-state index is 12.4. The van der Waals surface area contributed by atoms with E-state index in [0.717, 1.165) is 17.5 Å². The number of rotatable bonds is 6. The van der Waals surface area contributed by atoms with Crippen molar-refractivity contribution in [2.75, 3.05) is 0 Å². The Morgan fingerprint density at radius 2 is 2.24 bits per heavy atom. The Bertz CT molecular complexity index is 811. The molecule has 128 valence electrons. The zero-order chi connectivity index (χ0) is 17.8. The maximum absolute atomic E-state index is 12.4. The maximum Gasteiger partial charge on any atom is 0.224 e. The van der Waals surface area contributed by atoms with Crippen LogP contribution in [0.4, 0.5) is 0 Å². The van der Waals surface area contributed by atoms with Crippen LogP contribution in [0.15, 0.2) is 42.6 Å². The summed E-state index contributed by atoms with van der Waals surface area (Å²) < 4.78 is 5.68. The van der Waals surface area contributed by atoms with Crippen LogP contribution in [0.2, 0.25) is 0 Å². The summed E-state index contributed by atoms with van der Waals surface area (Å²) in [6.45, 7) is 4.29. The van der Waals surface area contributed by atoms with Crippen molar-refractivity contribution in [2.45, 2.75) is 38.8 Å². The van der Waals surface area contributed by atoms with E-state index >= 15 is 0 Å². The van der Waals surface area contributed by atoms with E-state index in [1.54, 1.807) is 12.3 Å². The number of amides is 1. The standard InChI is InChI=1S/C20H21N3O2/c1-13(2)25-20-16(7-4-8-22-20)12-23-19(24)18-10-17(18)15-6-3-5-14(9-15)11-21/h3-9,13,17-18H,10,12H2,1-2H3,(H,23,24)/t17-,18+/m0/s1. The quantitative estimate of drug-likeness (QED) is 0.880. The number of ether oxygens (including phenoxy) is 1. The van der Waals surface area contributed by atoms with Gasteiger partial charge in [-0.3, -0.25) is 4.79 Å². The second-order valence-electron chi connectivity index (χ2n) is 6.54. The third-order valence-electron chi connectivity index (χ3n) is 4.22. The molecule has 1 aromatic carbocycles. The molecule has 0 spiro atoms. The Labute approximate surface area is 147 Å². The molecule has 1 heterocycles. The molecule has 5 heteroatoms. The lowest BCUT2D eigenvalue weighted by atomic mass is 10.1. The summed E-state index contributed by atoms with van der Waals surface area (Å²) in [6.07, 6.45) is 2.54. The SMILES string of the molecule is CC(C)Oc1ncccc1CNC(=O)[C@@H]1C[C@H]1c1cccc(C#N)c1. The van der Waals surface area contributed by atoms with Crippen molar-refractivity contribution < 1.29 is 9.53 Å². The second-order valence-corrected chi connectivity index (χ2v) is 6.54. The smallest absolute Gasteiger partial charge is 0.224 e. The molecule has 0 bridgehead atoms. The van der Waals surface area contributed by atoms with Crippen LogP contribution in [-0.4, -0.2) is 17.0 Å². The molecule has 2 atom stereocenters. The van der Waals surface area contributed by atoms with Gasteiger partial charge in [0.25, 0.3) is 0 Å². The first-order valence-electron chi connectivity index (χ1n) is 8.47. The van der Waals surface area contributed by atoms with Crippen LogP contribution in [0.3, 0.4) is 0 Å². The van der Waals surface area contributed by atoms with Gasteiger partial charge < -0.3 is 10.1 Å². The van der Waals surface area contributed by atoms with Crippen molar-refractivity contribution in [3.8, 4) is 11.9 Å². The van der Waals surface area contributed by atoms with Gasteiger partial charge in [-0.15, -0.1) is 0 Å². The van der Waals surface area contributed by atoms with Gasteiger partial charge in [0.15, 0.2) is 0 Å². The lowest BCUT2D eigenvalue weighted by Crippen LogP contribution is -2.25. The fourth-order valence-electron chi connectivity index (χ4n) is 2.89. The molecule has 0 aliphatic heterocycles. The molecule has 0 saturated heterocycles. The molecule has 3 rings (SSSR count). The van der Waals surface area contributed by atoms with Crippen LogP contribution >= 0.6 is 0 Å². The Morgan fingerprint density at radius 1 is 1.40 bits per heavy atom. The van der Waals surface area contributed by atoms with E-state index in [-0.39, 0.29) is 23.8 Å². The zero-order valence-electron chi connectivity index (χ0n) is 14.4. The molecule has 1 aliphatic carbocycles. The van der Waals surface area contributed by atoms with Crippen molar-refractivity contribution in [1.82, 2.24) is 10.3 Å². The first-order chi connectivity index (χ1) is 12.1. The van der Waals surface area contributed by atoms with E-state index in [1.165, 1.54) is 0 Å². The van der Waals surface area contributed by atoms with Gasteiger partial charge in [-0.1, -0.05) is 18.2 Å². The third kappa shape index (κ3) is 4.16. The molecule has 1 saturated carbocycles. The number of aromatic nitrogens is 1. The van der Waals surface area contributed by atoms with Crippen LogP contribution < -0.4 is 10.1 Å². The van der Waals surface area contributed by atoms with E-state index in [9.17, 15) is 4.79 Å². The van der Waals surface area contributed by atoms with Crippen molar-refractivity contribution in [1.29, 1.82) is 5.26 Å². The largest absolute Gasteiger partial charge is 0.475 e.